The minimum Gasteiger partial charge on any atom is -0.504 e. The van der Waals surface area contributed by atoms with Crippen molar-refractivity contribution in [2.75, 3.05) is 35.5 Å². The van der Waals surface area contributed by atoms with Gasteiger partial charge in [0, 0.05) is 11.6 Å². The molecule has 3 rings (SSSR count). The Morgan fingerprint density at radius 2 is 1.34 bits per heavy atom. The second kappa shape index (κ2) is 7.70. The molecule has 0 saturated carbocycles. The predicted molar refractivity (Wildman–Crippen MR) is 104 cm³/mol. The van der Waals surface area contributed by atoms with Crippen LogP contribution in [0.15, 0.2) is 27.4 Å². The summed E-state index contributed by atoms with van der Waals surface area (Å²) in [5.74, 6) is -0.109. The Bertz CT molecular complexity index is 1130. The molecule has 2 N–H and O–H groups in total. The lowest BCUT2D eigenvalue weighted by Crippen LogP contribution is -2.07. The molecule has 0 amide bonds. The number of aromatic hydroxyl groups is 2. The Balaban J connectivity index is 2.43. The molecule has 0 bridgehead atoms. The topological polar surface area (TPSA) is 117 Å². The summed E-state index contributed by atoms with van der Waals surface area (Å²) < 4.78 is 32.5. The fraction of sp³-hybridized carbons (Fsp3) is 0.250. The molecular formula is C20H20O9. The van der Waals surface area contributed by atoms with E-state index in [1.807, 2.05) is 0 Å². The zero-order valence-corrected chi connectivity index (χ0v) is 16.5. The largest absolute Gasteiger partial charge is 0.504 e. The molecule has 0 unspecified atom stereocenters. The third-order valence-electron chi connectivity index (χ3n) is 4.38. The molecule has 3 aromatic rings. The molecule has 0 atom stereocenters. The second-order valence-electron chi connectivity index (χ2n) is 5.86. The van der Waals surface area contributed by atoms with Crippen molar-refractivity contribution in [3.63, 3.8) is 0 Å². The number of rotatable bonds is 6. The molecule has 1 aromatic heterocycles. The van der Waals surface area contributed by atoms with Crippen LogP contribution in [0.4, 0.5) is 0 Å². The van der Waals surface area contributed by atoms with Crippen LogP contribution in [0.5, 0.6) is 40.2 Å². The van der Waals surface area contributed by atoms with Crippen LogP contribution < -0.4 is 29.1 Å². The van der Waals surface area contributed by atoms with Gasteiger partial charge in [0.2, 0.25) is 23.0 Å². The van der Waals surface area contributed by atoms with Gasteiger partial charge in [-0.1, -0.05) is 0 Å². The zero-order chi connectivity index (χ0) is 21.3. The van der Waals surface area contributed by atoms with Gasteiger partial charge in [-0.2, -0.15) is 0 Å². The molecule has 29 heavy (non-hydrogen) atoms. The Morgan fingerprint density at radius 3 is 1.90 bits per heavy atom. The van der Waals surface area contributed by atoms with E-state index in [2.05, 4.69) is 0 Å². The number of hydrogen-bond acceptors (Lipinski definition) is 9. The smallest absolute Gasteiger partial charge is 0.211 e. The third-order valence-corrected chi connectivity index (χ3v) is 4.38. The van der Waals surface area contributed by atoms with E-state index >= 15 is 0 Å². The molecule has 0 aliphatic rings. The molecule has 154 valence electrons. The van der Waals surface area contributed by atoms with Gasteiger partial charge >= 0.3 is 0 Å². The average Bonchev–Trinajstić information content (AvgIpc) is 2.73. The zero-order valence-electron chi connectivity index (χ0n) is 16.5. The van der Waals surface area contributed by atoms with Gasteiger partial charge in [-0.3, -0.25) is 4.79 Å². The summed E-state index contributed by atoms with van der Waals surface area (Å²) >= 11 is 0. The molecule has 9 nitrogen and oxygen atoms in total. The van der Waals surface area contributed by atoms with Crippen LogP contribution in [0.25, 0.3) is 22.3 Å². The van der Waals surface area contributed by atoms with Crippen LogP contribution in [-0.2, 0) is 0 Å². The van der Waals surface area contributed by atoms with Crippen molar-refractivity contribution < 1.29 is 38.3 Å². The van der Waals surface area contributed by atoms with Crippen LogP contribution in [0.1, 0.15) is 0 Å². The molecule has 0 aliphatic carbocycles. The van der Waals surface area contributed by atoms with Gasteiger partial charge in [0.05, 0.1) is 35.5 Å². The fourth-order valence-electron chi connectivity index (χ4n) is 3.08. The molecule has 0 radical (unpaired) electrons. The predicted octanol–water partition coefficient (Wildman–Crippen LogP) is 2.91. The second-order valence-corrected chi connectivity index (χ2v) is 5.86. The highest BCUT2D eigenvalue weighted by molar-refractivity contribution is 5.95. The minimum absolute atomic E-state index is 0.0135. The molecule has 9 heteroatoms. The summed E-state index contributed by atoms with van der Waals surface area (Å²) in [5.41, 5.74) is -0.0770. The highest BCUT2D eigenvalue weighted by Crippen LogP contribution is 2.50. The van der Waals surface area contributed by atoms with Crippen LogP contribution in [0.2, 0.25) is 0 Å². The Hall–Kier alpha value is -3.75. The number of phenols is 2. The number of fused-ring (bicyclic) bond motifs is 1. The quantitative estimate of drug-likeness (QED) is 0.598. The van der Waals surface area contributed by atoms with E-state index in [4.69, 9.17) is 28.1 Å². The van der Waals surface area contributed by atoms with E-state index in [1.54, 1.807) is 0 Å². The first-order valence-electron chi connectivity index (χ1n) is 8.35. The lowest BCUT2D eigenvalue weighted by atomic mass is 10.1. The Labute approximate surface area is 165 Å². The maximum atomic E-state index is 13.0. The van der Waals surface area contributed by atoms with Crippen molar-refractivity contribution in [1.82, 2.24) is 0 Å². The van der Waals surface area contributed by atoms with Crippen LogP contribution in [0, 0.1) is 0 Å². The van der Waals surface area contributed by atoms with Crippen molar-refractivity contribution in [1.29, 1.82) is 0 Å². The number of methoxy groups -OCH3 is 5. The van der Waals surface area contributed by atoms with E-state index in [0.717, 1.165) is 0 Å². The third kappa shape index (κ3) is 3.10. The fourth-order valence-corrected chi connectivity index (χ4v) is 3.08. The van der Waals surface area contributed by atoms with Crippen molar-refractivity contribution in [3.05, 3.63) is 28.4 Å². The summed E-state index contributed by atoms with van der Waals surface area (Å²) in [7, 11) is 6.94. The summed E-state index contributed by atoms with van der Waals surface area (Å²) in [6.45, 7) is 0. The van der Waals surface area contributed by atoms with Gasteiger partial charge in [0.1, 0.15) is 11.1 Å². The lowest BCUT2D eigenvalue weighted by molar-refractivity contribution is 0.307. The minimum atomic E-state index is -0.441. The van der Waals surface area contributed by atoms with Gasteiger partial charge in [-0.15, -0.1) is 0 Å². The summed E-state index contributed by atoms with van der Waals surface area (Å²) in [5, 5.41) is 19.9. The first kappa shape index (κ1) is 20.0. The van der Waals surface area contributed by atoms with Crippen molar-refractivity contribution in [2.45, 2.75) is 0 Å². The van der Waals surface area contributed by atoms with Crippen molar-refractivity contribution in [3.8, 4) is 51.6 Å². The first-order valence-corrected chi connectivity index (χ1v) is 8.35. The van der Waals surface area contributed by atoms with Gasteiger partial charge in [0.25, 0.3) is 0 Å². The van der Waals surface area contributed by atoms with E-state index in [-0.39, 0.29) is 45.5 Å². The molecule has 0 spiro atoms. The van der Waals surface area contributed by atoms with Gasteiger partial charge < -0.3 is 38.3 Å². The maximum Gasteiger partial charge on any atom is 0.211 e. The first-order chi connectivity index (χ1) is 13.9. The van der Waals surface area contributed by atoms with Crippen LogP contribution >= 0.6 is 0 Å². The highest BCUT2D eigenvalue weighted by Gasteiger charge is 2.27. The molecule has 0 fully saturated rings. The molecular weight excluding hydrogens is 384 g/mol. The van der Waals surface area contributed by atoms with Crippen LogP contribution in [0.3, 0.4) is 0 Å². The van der Waals surface area contributed by atoms with E-state index in [0.29, 0.717) is 5.56 Å². The summed E-state index contributed by atoms with van der Waals surface area (Å²) in [6.07, 6.45) is 0. The number of ether oxygens (including phenoxy) is 5. The van der Waals surface area contributed by atoms with E-state index in [9.17, 15) is 15.0 Å². The number of benzene rings is 2. The van der Waals surface area contributed by atoms with Gasteiger partial charge in [-0.05, 0) is 12.1 Å². The Kier molecular flexibility index (Phi) is 5.31. The number of hydrogen-bond donors (Lipinski definition) is 2. The SMILES string of the molecule is COc1cc(-c2cc(=O)c3c(OC)c(OC)c(OC)c(OC)c3o2)cc(O)c1O. The molecule has 2 aromatic carbocycles. The normalized spacial score (nSPS) is 10.7. The molecule has 1 heterocycles. The van der Waals surface area contributed by atoms with E-state index < -0.39 is 16.9 Å². The Morgan fingerprint density at radius 1 is 0.759 bits per heavy atom. The monoisotopic (exact) mass is 404 g/mol. The number of phenolic OH excluding ortho intramolecular Hbond substituents is 2. The van der Waals surface area contributed by atoms with Crippen molar-refractivity contribution in [2.24, 2.45) is 0 Å². The average molecular weight is 404 g/mol. The van der Waals surface area contributed by atoms with Gasteiger partial charge in [-0.25, -0.2) is 0 Å². The maximum absolute atomic E-state index is 13.0. The van der Waals surface area contributed by atoms with E-state index in [1.165, 1.54) is 53.7 Å². The van der Waals surface area contributed by atoms with Crippen LogP contribution in [-0.4, -0.2) is 45.8 Å². The standard InChI is InChI=1S/C20H20O9/c1-24-13-7-9(6-11(22)15(13)23)12-8-10(21)14-16(25-2)18(26-3)20(28-5)19(27-4)17(14)29-12/h6-8,22-23H,1-5H3. The summed E-state index contributed by atoms with van der Waals surface area (Å²) in [4.78, 5) is 13.0. The molecule has 0 saturated heterocycles. The van der Waals surface area contributed by atoms with Crippen molar-refractivity contribution >= 4 is 11.0 Å². The highest BCUT2D eigenvalue weighted by atomic mass is 16.5. The molecule has 0 aliphatic heterocycles. The lowest BCUT2D eigenvalue weighted by Gasteiger charge is -2.18. The van der Waals surface area contributed by atoms with Gasteiger partial charge in [0.15, 0.2) is 28.3 Å². The summed E-state index contributed by atoms with van der Waals surface area (Å²) in [6, 6.07) is 3.89.